The van der Waals surface area contributed by atoms with Gasteiger partial charge >= 0.3 is 0 Å². The fraction of sp³-hybridized carbons (Fsp3) is 0.462. The zero-order valence-corrected chi connectivity index (χ0v) is 9.46. The number of nitrogens with zero attached hydrogens (tertiary/aromatic N) is 1. The van der Waals surface area contributed by atoms with Crippen molar-refractivity contribution < 1.29 is 0 Å². The Hall–Kier alpha value is -0.820. The van der Waals surface area contributed by atoms with Crippen molar-refractivity contribution in [3.63, 3.8) is 0 Å². The SMILES string of the molecule is CCN(CC)[C](C)Cc1ccccc1. The van der Waals surface area contributed by atoms with Gasteiger partial charge in [0.2, 0.25) is 0 Å². The van der Waals surface area contributed by atoms with Gasteiger partial charge in [0.25, 0.3) is 0 Å². The molecule has 0 aliphatic carbocycles. The molecule has 0 fully saturated rings. The molecule has 1 aromatic rings. The van der Waals surface area contributed by atoms with E-state index < -0.39 is 0 Å². The van der Waals surface area contributed by atoms with Gasteiger partial charge < -0.3 is 0 Å². The van der Waals surface area contributed by atoms with Crippen molar-refractivity contribution in [1.29, 1.82) is 0 Å². The molecule has 0 spiro atoms. The first kappa shape index (κ1) is 11.3. The van der Waals surface area contributed by atoms with Crippen molar-refractivity contribution >= 4 is 0 Å². The molecule has 1 rings (SSSR count). The Balaban J connectivity index is 2.52. The summed E-state index contributed by atoms with van der Waals surface area (Å²) in [6.45, 7) is 8.85. The van der Waals surface area contributed by atoms with Crippen LogP contribution in [0, 0.1) is 6.04 Å². The van der Waals surface area contributed by atoms with Crippen LogP contribution in [0.5, 0.6) is 0 Å². The summed E-state index contributed by atoms with van der Waals surface area (Å²) < 4.78 is 0. The summed E-state index contributed by atoms with van der Waals surface area (Å²) in [4.78, 5) is 2.41. The van der Waals surface area contributed by atoms with E-state index in [4.69, 9.17) is 0 Å². The smallest absolute Gasteiger partial charge is 0.0405 e. The van der Waals surface area contributed by atoms with Crippen LogP contribution in [-0.2, 0) is 6.42 Å². The third kappa shape index (κ3) is 3.15. The third-order valence-corrected chi connectivity index (χ3v) is 2.61. The molecule has 0 aromatic heterocycles. The van der Waals surface area contributed by atoms with E-state index in [2.05, 4.69) is 56.0 Å². The minimum absolute atomic E-state index is 1.07. The summed E-state index contributed by atoms with van der Waals surface area (Å²) in [5.41, 5.74) is 1.40. The normalized spacial score (nSPS) is 11.2. The maximum Gasteiger partial charge on any atom is 0.0405 e. The Bertz CT molecular complexity index is 239. The molecule has 0 saturated heterocycles. The van der Waals surface area contributed by atoms with Crippen LogP contribution in [0.25, 0.3) is 0 Å². The van der Waals surface area contributed by atoms with Crippen molar-refractivity contribution in [2.75, 3.05) is 13.1 Å². The first-order valence-electron chi connectivity index (χ1n) is 5.39. The van der Waals surface area contributed by atoms with Gasteiger partial charge in [-0.25, -0.2) is 0 Å². The van der Waals surface area contributed by atoms with Gasteiger partial charge in [-0.15, -0.1) is 0 Å². The first-order chi connectivity index (χ1) is 6.77. The van der Waals surface area contributed by atoms with Crippen molar-refractivity contribution in [3.05, 3.63) is 41.9 Å². The highest BCUT2D eigenvalue weighted by Gasteiger charge is 2.10. The molecule has 0 unspecified atom stereocenters. The molecule has 14 heavy (non-hydrogen) atoms. The topological polar surface area (TPSA) is 3.24 Å². The van der Waals surface area contributed by atoms with Crippen LogP contribution in [0.4, 0.5) is 0 Å². The minimum atomic E-state index is 1.07. The lowest BCUT2D eigenvalue weighted by Gasteiger charge is -2.25. The Morgan fingerprint density at radius 1 is 1.07 bits per heavy atom. The molecule has 0 heterocycles. The lowest BCUT2D eigenvalue weighted by atomic mass is 10.1. The van der Waals surface area contributed by atoms with Gasteiger partial charge in [-0.05, 0) is 32.0 Å². The standard InChI is InChI=1S/C13H20N/c1-4-14(5-2)12(3)11-13-9-7-6-8-10-13/h6-10H,4-5,11H2,1-3H3. The number of hydrogen-bond acceptors (Lipinski definition) is 1. The van der Waals surface area contributed by atoms with Crippen LogP contribution in [-0.4, -0.2) is 18.0 Å². The maximum atomic E-state index is 2.41. The van der Waals surface area contributed by atoms with E-state index in [-0.39, 0.29) is 0 Å². The number of rotatable bonds is 5. The monoisotopic (exact) mass is 190 g/mol. The summed E-state index contributed by atoms with van der Waals surface area (Å²) >= 11 is 0. The van der Waals surface area contributed by atoms with E-state index in [1.165, 1.54) is 11.6 Å². The Morgan fingerprint density at radius 2 is 1.64 bits per heavy atom. The second-order valence-corrected chi connectivity index (χ2v) is 3.57. The van der Waals surface area contributed by atoms with Gasteiger partial charge in [-0.3, -0.25) is 4.90 Å². The molecule has 1 nitrogen and oxygen atoms in total. The summed E-state index contributed by atoms with van der Waals surface area (Å²) in [5, 5.41) is 0. The number of likely N-dealkylation sites (N-methyl/N-ethyl adjacent to an activating group) is 1. The van der Waals surface area contributed by atoms with Crippen molar-refractivity contribution in [1.82, 2.24) is 4.90 Å². The molecule has 0 aliphatic rings. The Labute approximate surface area is 87.7 Å². The highest BCUT2D eigenvalue weighted by molar-refractivity contribution is 5.18. The van der Waals surface area contributed by atoms with E-state index in [0.29, 0.717) is 0 Å². The summed E-state index contributed by atoms with van der Waals surface area (Å²) in [6.07, 6.45) is 1.07. The van der Waals surface area contributed by atoms with Crippen LogP contribution < -0.4 is 0 Å². The van der Waals surface area contributed by atoms with Gasteiger partial charge in [0, 0.05) is 6.04 Å². The van der Waals surface area contributed by atoms with Gasteiger partial charge in [0.15, 0.2) is 0 Å². The maximum absolute atomic E-state index is 2.41. The van der Waals surface area contributed by atoms with Crippen LogP contribution in [0.1, 0.15) is 26.3 Å². The van der Waals surface area contributed by atoms with Crippen molar-refractivity contribution in [2.45, 2.75) is 27.2 Å². The first-order valence-corrected chi connectivity index (χ1v) is 5.39. The van der Waals surface area contributed by atoms with Crippen LogP contribution >= 0.6 is 0 Å². The van der Waals surface area contributed by atoms with Gasteiger partial charge in [-0.1, -0.05) is 44.2 Å². The second kappa shape index (κ2) is 5.82. The van der Waals surface area contributed by atoms with Crippen LogP contribution in [0.2, 0.25) is 0 Å². The largest absolute Gasteiger partial charge is 0.296 e. The van der Waals surface area contributed by atoms with Crippen molar-refractivity contribution in [3.8, 4) is 0 Å². The molecular formula is C13H20N. The summed E-state index contributed by atoms with van der Waals surface area (Å²) in [5.74, 6) is 0. The summed E-state index contributed by atoms with van der Waals surface area (Å²) in [6, 6.07) is 12.1. The van der Waals surface area contributed by atoms with Crippen LogP contribution in [0.15, 0.2) is 30.3 Å². The second-order valence-electron chi connectivity index (χ2n) is 3.57. The fourth-order valence-corrected chi connectivity index (χ4v) is 1.77. The molecule has 0 amide bonds. The predicted octanol–water partition coefficient (Wildman–Crippen LogP) is 3.12. The summed E-state index contributed by atoms with van der Waals surface area (Å²) in [7, 11) is 0. The number of hydrogen-bond donors (Lipinski definition) is 0. The lowest BCUT2D eigenvalue weighted by molar-refractivity contribution is 0.313. The molecule has 0 aliphatic heterocycles. The molecule has 0 bridgehead atoms. The van der Waals surface area contributed by atoms with Gasteiger partial charge in [0.05, 0.1) is 0 Å². The van der Waals surface area contributed by atoms with Gasteiger partial charge in [0.1, 0.15) is 0 Å². The van der Waals surface area contributed by atoms with E-state index in [0.717, 1.165) is 19.5 Å². The highest BCUT2D eigenvalue weighted by Crippen LogP contribution is 2.14. The molecule has 77 valence electrons. The Kier molecular flexibility index (Phi) is 4.68. The van der Waals surface area contributed by atoms with E-state index in [1.54, 1.807) is 0 Å². The molecule has 1 heteroatoms. The highest BCUT2D eigenvalue weighted by atomic mass is 15.1. The van der Waals surface area contributed by atoms with Gasteiger partial charge in [-0.2, -0.15) is 0 Å². The molecule has 1 radical (unpaired) electrons. The van der Waals surface area contributed by atoms with Crippen LogP contribution in [0.3, 0.4) is 0 Å². The molecule has 1 aromatic carbocycles. The predicted molar refractivity (Wildman–Crippen MR) is 62.0 cm³/mol. The van der Waals surface area contributed by atoms with E-state index in [1.807, 2.05) is 0 Å². The molecule has 0 saturated carbocycles. The third-order valence-electron chi connectivity index (χ3n) is 2.61. The fourth-order valence-electron chi connectivity index (χ4n) is 1.77. The quantitative estimate of drug-likeness (QED) is 0.689. The average molecular weight is 190 g/mol. The molecule has 0 N–H and O–H groups in total. The molecular weight excluding hydrogens is 170 g/mol. The van der Waals surface area contributed by atoms with Crippen molar-refractivity contribution in [2.24, 2.45) is 0 Å². The van der Waals surface area contributed by atoms with E-state index in [9.17, 15) is 0 Å². The Morgan fingerprint density at radius 3 is 2.14 bits per heavy atom. The minimum Gasteiger partial charge on any atom is -0.296 e. The average Bonchev–Trinajstić information content (AvgIpc) is 2.21. The molecule has 0 atom stereocenters. The lowest BCUT2D eigenvalue weighted by Crippen LogP contribution is -2.27. The zero-order chi connectivity index (χ0) is 10.4. The zero-order valence-electron chi connectivity index (χ0n) is 9.46. The van der Waals surface area contributed by atoms with E-state index >= 15 is 0 Å². The number of benzene rings is 1.